The lowest BCUT2D eigenvalue weighted by molar-refractivity contribution is -0.120. The number of nitrogens with one attached hydrogen (secondary N) is 1. The first-order valence-corrected chi connectivity index (χ1v) is 10.5. The summed E-state index contributed by atoms with van der Waals surface area (Å²) in [6.45, 7) is 6.33. The van der Waals surface area contributed by atoms with E-state index in [1.807, 2.05) is 45.0 Å². The third-order valence-corrected chi connectivity index (χ3v) is 7.08. The Hall–Kier alpha value is -2.25. The number of sulfonamides is 1. The Labute approximate surface area is 160 Å². The van der Waals surface area contributed by atoms with E-state index in [1.165, 1.54) is 4.31 Å². The van der Waals surface area contributed by atoms with Crippen LogP contribution in [0.5, 0.6) is 0 Å². The van der Waals surface area contributed by atoms with Gasteiger partial charge in [-0.25, -0.2) is 13.4 Å². The average molecular weight is 388 g/mol. The predicted octanol–water partition coefficient (Wildman–Crippen LogP) is 3.05. The highest BCUT2D eigenvalue weighted by molar-refractivity contribution is 7.89. The van der Waals surface area contributed by atoms with Gasteiger partial charge in [0.15, 0.2) is 0 Å². The van der Waals surface area contributed by atoms with Gasteiger partial charge in [0.25, 0.3) is 0 Å². The van der Waals surface area contributed by atoms with E-state index in [0.717, 1.165) is 16.7 Å². The van der Waals surface area contributed by atoms with Crippen LogP contribution in [0.25, 0.3) is 0 Å². The molecule has 1 aliphatic rings. The Morgan fingerprint density at radius 1 is 1.11 bits per heavy atom. The number of aryl methyl sites for hydroxylation is 3. The highest BCUT2D eigenvalue weighted by atomic mass is 32.2. The number of carbonyl (C=O) groups is 1. The van der Waals surface area contributed by atoms with Gasteiger partial charge in [0.1, 0.15) is 5.82 Å². The number of nitrogens with zero attached hydrogens (tertiary/aromatic N) is 2. The van der Waals surface area contributed by atoms with Crippen LogP contribution in [0.1, 0.15) is 29.5 Å². The maximum absolute atomic E-state index is 12.9. The summed E-state index contributed by atoms with van der Waals surface area (Å²) in [7, 11) is -3.53. The van der Waals surface area contributed by atoms with Crippen LogP contribution in [0.15, 0.2) is 41.4 Å². The molecule has 0 radical (unpaired) electrons. The van der Waals surface area contributed by atoms with Gasteiger partial charge in [-0.3, -0.25) is 4.79 Å². The summed E-state index contributed by atoms with van der Waals surface area (Å²) in [4.78, 5) is 17.1. The largest absolute Gasteiger partial charge is 0.310 e. The molecule has 0 saturated carbocycles. The quantitative estimate of drug-likeness (QED) is 0.874. The second-order valence-corrected chi connectivity index (χ2v) is 9.01. The number of rotatable bonds is 4. The summed E-state index contributed by atoms with van der Waals surface area (Å²) in [6.07, 6.45) is 2.64. The van der Waals surface area contributed by atoms with E-state index in [2.05, 4.69) is 10.3 Å². The van der Waals surface area contributed by atoms with Crippen LogP contribution in [0.3, 0.4) is 0 Å². The van der Waals surface area contributed by atoms with Gasteiger partial charge in [-0.2, -0.15) is 4.31 Å². The van der Waals surface area contributed by atoms with Crippen LogP contribution >= 0.6 is 0 Å². The van der Waals surface area contributed by atoms with Crippen LogP contribution in [0.4, 0.5) is 5.82 Å². The van der Waals surface area contributed by atoms with Gasteiger partial charge in [0.05, 0.1) is 4.90 Å². The molecule has 0 bridgehead atoms. The minimum absolute atomic E-state index is 0.0969. The van der Waals surface area contributed by atoms with Crippen molar-refractivity contribution in [2.45, 2.75) is 38.5 Å². The molecule has 2 aromatic rings. The summed E-state index contributed by atoms with van der Waals surface area (Å²) in [5.41, 5.74) is 2.69. The van der Waals surface area contributed by atoms with Gasteiger partial charge in [-0.1, -0.05) is 23.8 Å². The Bertz CT molecular complexity index is 949. The van der Waals surface area contributed by atoms with E-state index in [-0.39, 0.29) is 11.8 Å². The number of anilines is 1. The molecule has 1 aromatic heterocycles. The van der Waals surface area contributed by atoms with Crippen molar-refractivity contribution in [3.63, 3.8) is 0 Å². The van der Waals surface area contributed by atoms with Gasteiger partial charge in [-0.05, 0) is 56.9 Å². The predicted molar refractivity (Wildman–Crippen MR) is 105 cm³/mol. The molecule has 1 fully saturated rings. The Morgan fingerprint density at radius 3 is 2.44 bits per heavy atom. The molecule has 0 atom stereocenters. The number of pyridine rings is 1. The molecule has 1 saturated heterocycles. The Balaban J connectivity index is 1.66. The first-order chi connectivity index (χ1) is 12.8. The average Bonchev–Trinajstić information content (AvgIpc) is 2.63. The fraction of sp³-hybridized carbons (Fsp3) is 0.400. The number of carbonyl (C=O) groups excluding carboxylic acids is 1. The van der Waals surface area contributed by atoms with Gasteiger partial charge in [-0.15, -0.1) is 0 Å². The Morgan fingerprint density at radius 2 is 1.81 bits per heavy atom. The molecular weight excluding hydrogens is 362 g/mol. The second kappa shape index (κ2) is 7.78. The number of hydrogen-bond donors (Lipinski definition) is 1. The molecule has 7 heteroatoms. The van der Waals surface area contributed by atoms with Gasteiger partial charge in [0.2, 0.25) is 15.9 Å². The molecule has 0 unspecified atom stereocenters. The summed E-state index contributed by atoms with van der Waals surface area (Å²) in [5.74, 6) is 0.255. The molecule has 27 heavy (non-hydrogen) atoms. The van der Waals surface area contributed by atoms with Crippen molar-refractivity contribution >= 4 is 21.7 Å². The van der Waals surface area contributed by atoms with Crippen molar-refractivity contribution < 1.29 is 13.2 Å². The third-order valence-electron chi connectivity index (χ3n) is 5.02. The molecule has 1 aromatic carbocycles. The van der Waals surface area contributed by atoms with E-state index in [4.69, 9.17) is 0 Å². The first kappa shape index (κ1) is 19.5. The zero-order chi connectivity index (χ0) is 19.6. The second-order valence-electron chi connectivity index (χ2n) is 7.11. The highest BCUT2D eigenvalue weighted by Crippen LogP contribution is 2.27. The standard InChI is InChI=1S/C20H25N3O3S/c1-14-6-7-18(16(3)13-14)27(25,26)23-11-8-17(9-12-23)20(24)22-19-15(2)5-4-10-21-19/h4-7,10,13,17H,8-9,11-12H2,1-3H3,(H,21,22,24). The van der Waals surface area contributed by atoms with Crippen molar-refractivity contribution in [1.29, 1.82) is 0 Å². The summed E-state index contributed by atoms with van der Waals surface area (Å²) >= 11 is 0. The molecule has 1 N–H and O–H groups in total. The highest BCUT2D eigenvalue weighted by Gasteiger charge is 2.33. The lowest BCUT2D eigenvalue weighted by Gasteiger charge is -2.31. The van der Waals surface area contributed by atoms with Gasteiger partial charge in [0, 0.05) is 25.2 Å². The monoisotopic (exact) mass is 387 g/mol. The lowest BCUT2D eigenvalue weighted by atomic mass is 9.97. The molecule has 144 valence electrons. The van der Waals surface area contributed by atoms with E-state index < -0.39 is 10.0 Å². The minimum Gasteiger partial charge on any atom is -0.310 e. The van der Waals surface area contributed by atoms with Crippen molar-refractivity contribution in [3.05, 3.63) is 53.2 Å². The summed E-state index contributed by atoms with van der Waals surface area (Å²) < 4.78 is 27.4. The van der Waals surface area contributed by atoms with E-state index in [1.54, 1.807) is 12.3 Å². The lowest BCUT2D eigenvalue weighted by Crippen LogP contribution is -2.41. The number of benzene rings is 1. The fourth-order valence-electron chi connectivity index (χ4n) is 3.42. The zero-order valence-electron chi connectivity index (χ0n) is 15.9. The van der Waals surface area contributed by atoms with E-state index >= 15 is 0 Å². The van der Waals surface area contributed by atoms with Crippen molar-refractivity contribution in [2.75, 3.05) is 18.4 Å². The molecular formula is C20H25N3O3S. The van der Waals surface area contributed by atoms with Crippen LogP contribution in [0, 0.1) is 26.7 Å². The van der Waals surface area contributed by atoms with E-state index in [0.29, 0.717) is 36.6 Å². The molecule has 1 aliphatic heterocycles. The maximum atomic E-state index is 12.9. The molecule has 6 nitrogen and oxygen atoms in total. The van der Waals surface area contributed by atoms with Crippen LogP contribution in [0.2, 0.25) is 0 Å². The van der Waals surface area contributed by atoms with Gasteiger partial charge < -0.3 is 5.32 Å². The number of hydrogen-bond acceptors (Lipinski definition) is 4. The zero-order valence-corrected chi connectivity index (χ0v) is 16.7. The number of piperidine rings is 1. The minimum atomic E-state index is -3.53. The molecule has 1 amide bonds. The van der Waals surface area contributed by atoms with Crippen molar-refractivity contribution in [2.24, 2.45) is 5.92 Å². The van der Waals surface area contributed by atoms with Crippen LogP contribution in [-0.2, 0) is 14.8 Å². The SMILES string of the molecule is Cc1ccc(S(=O)(=O)N2CCC(C(=O)Nc3ncccc3C)CC2)c(C)c1. The molecule has 0 spiro atoms. The summed E-state index contributed by atoms with van der Waals surface area (Å²) in [5, 5.41) is 2.86. The molecule has 3 rings (SSSR count). The number of aromatic nitrogens is 1. The maximum Gasteiger partial charge on any atom is 0.243 e. The first-order valence-electron chi connectivity index (χ1n) is 9.09. The number of amides is 1. The van der Waals surface area contributed by atoms with Crippen LogP contribution in [-0.4, -0.2) is 36.7 Å². The van der Waals surface area contributed by atoms with E-state index in [9.17, 15) is 13.2 Å². The van der Waals surface area contributed by atoms with Gasteiger partial charge >= 0.3 is 0 Å². The molecule has 0 aliphatic carbocycles. The fourth-order valence-corrected chi connectivity index (χ4v) is 5.10. The third kappa shape index (κ3) is 4.20. The van der Waals surface area contributed by atoms with Crippen molar-refractivity contribution in [1.82, 2.24) is 9.29 Å². The molecule has 2 heterocycles. The summed E-state index contributed by atoms with van der Waals surface area (Å²) in [6, 6.07) is 9.07. The normalized spacial score (nSPS) is 16.3. The topological polar surface area (TPSA) is 79.4 Å². The smallest absolute Gasteiger partial charge is 0.243 e. The van der Waals surface area contributed by atoms with Crippen molar-refractivity contribution in [3.8, 4) is 0 Å². The Kier molecular flexibility index (Phi) is 5.62. The van der Waals surface area contributed by atoms with Crippen LogP contribution < -0.4 is 5.32 Å².